The lowest BCUT2D eigenvalue weighted by Gasteiger charge is -2.22. The van der Waals surface area contributed by atoms with Crippen LogP contribution in [0.15, 0.2) is 36.4 Å². The summed E-state index contributed by atoms with van der Waals surface area (Å²) in [5, 5.41) is 2.55. The Labute approximate surface area is 163 Å². The van der Waals surface area contributed by atoms with E-state index in [-0.39, 0.29) is 18.8 Å². The third-order valence-electron chi connectivity index (χ3n) is 4.12. The average molecular weight is 412 g/mol. The number of nitrogens with one attached hydrogen (secondary N) is 1. The Kier molecular flexibility index (Phi) is 6.95. The van der Waals surface area contributed by atoms with Crippen LogP contribution in [0.1, 0.15) is 11.1 Å². The zero-order valence-electron chi connectivity index (χ0n) is 15.8. The quantitative estimate of drug-likeness (QED) is 0.676. The van der Waals surface area contributed by atoms with Crippen molar-refractivity contribution in [2.75, 3.05) is 30.3 Å². The number of hydrogen-bond donors (Lipinski definition) is 1. The molecule has 0 fully saturated rings. The molecular formula is C19H22F2N2O4S. The van der Waals surface area contributed by atoms with Gasteiger partial charge in [0.25, 0.3) is 0 Å². The molecule has 28 heavy (non-hydrogen) atoms. The molecule has 0 aliphatic rings. The number of anilines is 1. The van der Waals surface area contributed by atoms with Crippen molar-refractivity contribution in [3.8, 4) is 5.75 Å². The van der Waals surface area contributed by atoms with E-state index in [1.807, 2.05) is 32.0 Å². The molecule has 0 atom stereocenters. The van der Waals surface area contributed by atoms with Gasteiger partial charge in [-0.3, -0.25) is 9.10 Å². The first-order valence-electron chi connectivity index (χ1n) is 8.48. The number of hydrogen-bond acceptors (Lipinski definition) is 4. The van der Waals surface area contributed by atoms with Crippen LogP contribution >= 0.6 is 0 Å². The van der Waals surface area contributed by atoms with Gasteiger partial charge in [-0.25, -0.2) is 17.2 Å². The average Bonchev–Trinajstić information content (AvgIpc) is 2.61. The number of sulfonamides is 1. The fourth-order valence-electron chi connectivity index (χ4n) is 2.46. The molecular weight excluding hydrogens is 390 g/mol. The Bertz CT molecular complexity index is 964. The Morgan fingerprint density at radius 2 is 1.86 bits per heavy atom. The minimum Gasteiger partial charge on any atom is -0.491 e. The van der Waals surface area contributed by atoms with E-state index in [1.54, 1.807) is 0 Å². The zero-order valence-corrected chi connectivity index (χ0v) is 16.6. The van der Waals surface area contributed by atoms with Crippen molar-refractivity contribution < 1.29 is 26.7 Å². The fraction of sp³-hybridized carbons (Fsp3) is 0.316. The van der Waals surface area contributed by atoms with E-state index in [1.165, 1.54) is 0 Å². The highest BCUT2D eigenvalue weighted by molar-refractivity contribution is 7.92. The number of amides is 1. The largest absolute Gasteiger partial charge is 0.491 e. The van der Waals surface area contributed by atoms with Gasteiger partial charge in [-0.15, -0.1) is 0 Å². The Morgan fingerprint density at radius 3 is 2.50 bits per heavy atom. The van der Waals surface area contributed by atoms with Crippen molar-refractivity contribution in [2.45, 2.75) is 13.8 Å². The van der Waals surface area contributed by atoms with Gasteiger partial charge in [-0.05, 0) is 43.2 Å². The second-order valence-electron chi connectivity index (χ2n) is 6.26. The van der Waals surface area contributed by atoms with Gasteiger partial charge in [0.1, 0.15) is 18.9 Å². The molecule has 0 bridgehead atoms. The molecule has 2 aromatic rings. The molecule has 0 radical (unpaired) electrons. The number of ether oxygens (including phenoxy) is 1. The summed E-state index contributed by atoms with van der Waals surface area (Å²) in [7, 11) is -3.87. The molecule has 0 spiro atoms. The summed E-state index contributed by atoms with van der Waals surface area (Å²) in [4.78, 5) is 12.1. The number of nitrogens with zero attached hydrogens (tertiary/aromatic N) is 1. The molecule has 0 heterocycles. The number of benzene rings is 2. The van der Waals surface area contributed by atoms with Gasteiger partial charge in [0.05, 0.1) is 18.5 Å². The maximum Gasteiger partial charge on any atom is 0.240 e. The van der Waals surface area contributed by atoms with Gasteiger partial charge in [0, 0.05) is 6.07 Å². The summed E-state index contributed by atoms with van der Waals surface area (Å²) in [6.45, 7) is 3.67. The van der Waals surface area contributed by atoms with E-state index in [0.717, 1.165) is 35.6 Å². The van der Waals surface area contributed by atoms with Crippen LogP contribution in [0.4, 0.5) is 14.5 Å². The first-order chi connectivity index (χ1) is 13.1. The normalized spacial score (nSPS) is 11.2. The lowest BCUT2D eigenvalue weighted by molar-refractivity contribution is -0.119. The van der Waals surface area contributed by atoms with Crippen molar-refractivity contribution in [1.29, 1.82) is 0 Å². The third kappa shape index (κ3) is 5.66. The van der Waals surface area contributed by atoms with E-state index < -0.39 is 34.1 Å². The van der Waals surface area contributed by atoms with Gasteiger partial charge >= 0.3 is 0 Å². The first kappa shape index (κ1) is 21.6. The molecule has 152 valence electrons. The summed E-state index contributed by atoms with van der Waals surface area (Å²) >= 11 is 0. The van der Waals surface area contributed by atoms with E-state index in [9.17, 15) is 22.0 Å². The van der Waals surface area contributed by atoms with E-state index >= 15 is 0 Å². The van der Waals surface area contributed by atoms with E-state index in [0.29, 0.717) is 10.1 Å². The second kappa shape index (κ2) is 9.01. The van der Waals surface area contributed by atoms with Crippen molar-refractivity contribution in [3.05, 3.63) is 59.2 Å². The highest BCUT2D eigenvalue weighted by Crippen LogP contribution is 2.21. The minimum absolute atomic E-state index is 0.136. The van der Waals surface area contributed by atoms with Crippen molar-refractivity contribution in [2.24, 2.45) is 0 Å². The van der Waals surface area contributed by atoms with Crippen LogP contribution in [0.25, 0.3) is 0 Å². The highest BCUT2D eigenvalue weighted by atomic mass is 32.2. The topological polar surface area (TPSA) is 75.7 Å². The molecule has 9 heteroatoms. The van der Waals surface area contributed by atoms with Crippen LogP contribution in [0.5, 0.6) is 5.75 Å². The first-order valence-corrected chi connectivity index (χ1v) is 10.3. The highest BCUT2D eigenvalue weighted by Gasteiger charge is 2.22. The monoisotopic (exact) mass is 412 g/mol. The lowest BCUT2D eigenvalue weighted by atomic mass is 10.1. The van der Waals surface area contributed by atoms with Crippen LogP contribution < -0.4 is 14.4 Å². The molecule has 0 aliphatic heterocycles. The molecule has 0 unspecified atom stereocenters. The molecule has 1 amide bonds. The third-order valence-corrected chi connectivity index (χ3v) is 5.26. The summed E-state index contributed by atoms with van der Waals surface area (Å²) in [5.41, 5.74) is 1.94. The van der Waals surface area contributed by atoms with E-state index in [2.05, 4.69) is 5.32 Å². The molecule has 2 rings (SSSR count). The molecule has 1 N–H and O–H groups in total. The number of carbonyl (C=O) groups excluding carboxylic acids is 1. The minimum atomic E-state index is -3.87. The van der Waals surface area contributed by atoms with Crippen molar-refractivity contribution >= 4 is 21.6 Å². The smallest absolute Gasteiger partial charge is 0.240 e. The van der Waals surface area contributed by atoms with Crippen LogP contribution in [0.3, 0.4) is 0 Å². The van der Waals surface area contributed by atoms with Crippen molar-refractivity contribution in [3.63, 3.8) is 0 Å². The van der Waals surface area contributed by atoms with Gasteiger partial charge in [0.2, 0.25) is 15.9 Å². The van der Waals surface area contributed by atoms with Crippen LogP contribution in [0, 0.1) is 25.5 Å². The molecule has 2 aromatic carbocycles. The Morgan fingerprint density at radius 1 is 1.14 bits per heavy atom. The molecule has 0 aromatic heterocycles. The predicted molar refractivity (Wildman–Crippen MR) is 103 cm³/mol. The standard InChI is InChI=1S/C19H22F2N2O4S/c1-13-5-4-6-18(14(13)2)27-10-9-22-19(24)12-23(28(3,25)26)15-7-8-16(20)17(21)11-15/h4-8,11H,9-10,12H2,1-3H3,(H,22,24). The summed E-state index contributed by atoms with van der Waals surface area (Å²) in [5.74, 6) is -2.20. The zero-order chi connectivity index (χ0) is 20.9. The Balaban J connectivity index is 1.95. The van der Waals surface area contributed by atoms with Gasteiger partial charge in [-0.1, -0.05) is 12.1 Å². The number of aryl methyl sites for hydroxylation is 1. The second-order valence-corrected chi connectivity index (χ2v) is 8.17. The summed E-state index contributed by atoms with van der Waals surface area (Å²) < 4.78 is 56.7. The summed E-state index contributed by atoms with van der Waals surface area (Å²) in [6, 6.07) is 8.27. The van der Waals surface area contributed by atoms with Gasteiger partial charge < -0.3 is 10.1 Å². The molecule has 0 saturated carbocycles. The summed E-state index contributed by atoms with van der Waals surface area (Å²) in [6.07, 6.45) is 0.880. The fourth-order valence-corrected chi connectivity index (χ4v) is 3.31. The van der Waals surface area contributed by atoms with Crippen LogP contribution in [-0.2, 0) is 14.8 Å². The Hall–Kier alpha value is -2.68. The molecule has 0 aliphatic carbocycles. The van der Waals surface area contributed by atoms with Crippen LogP contribution in [0.2, 0.25) is 0 Å². The maximum atomic E-state index is 13.4. The lowest BCUT2D eigenvalue weighted by Crippen LogP contribution is -2.41. The molecule has 0 saturated heterocycles. The SMILES string of the molecule is Cc1cccc(OCCNC(=O)CN(c2ccc(F)c(F)c2)S(C)(=O)=O)c1C. The van der Waals surface area contributed by atoms with Gasteiger partial charge in [-0.2, -0.15) is 0 Å². The predicted octanol–water partition coefficient (Wildman–Crippen LogP) is 2.54. The number of carbonyl (C=O) groups is 1. The molecule has 6 nitrogen and oxygen atoms in total. The maximum absolute atomic E-state index is 13.4. The number of halogens is 2. The number of rotatable bonds is 8. The van der Waals surface area contributed by atoms with E-state index in [4.69, 9.17) is 4.74 Å². The van der Waals surface area contributed by atoms with Crippen LogP contribution in [-0.4, -0.2) is 40.3 Å². The van der Waals surface area contributed by atoms with Gasteiger partial charge in [0.15, 0.2) is 11.6 Å². The van der Waals surface area contributed by atoms with Crippen molar-refractivity contribution in [1.82, 2.24) is 5.32 Å².